The minimum atomic E-state index is -0.315. The Bertz CT molecular complexity index is 444. The lowest BCUT2D eigenvalue weighted by atomic mass is 9.94. The lowest BCUT2D eigenvalue weighted by Crippen LogP contribution is -2.11. The van der Waals surface area contributed by atoms with Crippen LogP contribution in [0.2, 0.25) is 0 Å². The van der Waals surface area contributed by atoms with Gasteiger partial charge >= 0.3 is 0 Å². The molecule has 0 aliphatic rings. The van der Waals surface area contributed by atoms with Gasteiger partial charge in [-0.15, -0.1) is 0 Å². The van der Waals surface area contributed by atoms with Crippen molar-refractivity contribution in [2.75, 3.05) is 0 Å². The van der Waals surface area contributed by atoms with Crippen LogP contribution >= 0.6 is 0 Å². The van der Waals surface area contributed by atoms with Crippen molar-refractivity contribution in [1.82, 2.24) is 0 Å². The van der Waals surface area contributed by atoms with Crippen molar-refractivity contribution in [3.05, 3.63) is 48.0 Å². The van der Waals surface area contributed by atoms with E-state index in [4.69, 9.17) is 5.73 Å². The van der Waals surface area contributed by atoms with Gasteiger partial charge in [0.2, 0.25) is 5.91 Å². The average molecular weight is 215 g/mol. The van der Waals surface area contributed by atoms with E-state index < -0.39 is 0 Å². The zero-order chi connectivity index (χ0) is 12.1. The third kappa shape index (κ3) is 2.83. The molecule has 0 saturated carbocycles. The molecule has 1 amide bonds. The summed E-state index contributed by atoms with van der Waals surface area (Å²) in [5.74, 6) is -0.315. The minimum absolute atomic E-state index is 0.265. The van der Waals surface area contributed by atoms with Gasteiger partial charge in [-0.05, 0) is 30.5 Å². The standard InChI is InChI=1S/C14H17NO/c1-4-11(9-14(15)16)13-8-6-5-7-12(13)10(2)3/h4-8H,2,9H2,1,3H3,(H2,15,16)/b11-4-. The van der Waals surface area contributed by atoms with Crippen molar-refractivity contribution in [3.8, 4) is 0 Å². The molecule has 0 aliphatic carbocycles. The first-order chi connectivity index (χ1) is 7.56. The lowest BCUT2D eigenvalue weighted by molar-refractivity contribution is -0.117. The number of allylic oxidation sites excluding steroid dienone is 2. The van der Waals surface area contributed by atoms with Gasteiger partial charge in [-0.3, -0.25) is 4.79 Å². The minimum Gasteiger partial charge on any atom is -0.369 e. The Morgan fingerprint density at radius 3 is 2.38 bits per heavy atom. The van der Waals surface area contributed by atoms with Crippen molar-refractivity contribution in [2.24, 2.45) is 5.73 Å². The summed E-state index contributed by atoms with van der Waals surface area (Å²) in [6.45, 7) is 7.80. The second kappa shape index (κ2) is 5.31. The van der Waals surface area contributed by atoms with E-state index in [1.165, 1.54) is 0 Å². The Morgan fingerprint density at radius 1 is 1.38 bits per heavy atom. The number of carbonyl (C=O) groups is 1. The largest absolute Gasteiger partial charge is 0.369 e. The van der Waals surface area contributed by atoms with E-state index in [-0.39, 0.29) is 12.3 Å². The van der Waals surface area contributed by atoms with Crippen LogP contribution in [-0.2, 0) is 4.79 Å². The van der Waals surface area contributed by atoms with Crippen LogP contribution in [0.3, 0.4) is 0 Å². The van der Waals surface area contributed by atoms with E-state index >= 15 is 0 Å². The van der Waals surface area contributed by atoms with Gasteiger partial charge in [-0.1, -0.05) is 42.5 Å². The molecule has 0 radical (unpaired) electrons. The average Bonchev–Trinajstić information content (AvgIpc) is 2.25. The predicted molar refractivity (Wildman–Crippen MR) is 68.6 cm³/mol. The van der Waals surface area contributed by atoms with Crippen molar-refractivity contribution in [3.63, 3.8) is 0 Å². The highest BCUT2D eigenvalue weighted by Crippen LogP contribution is 2.26. The van der Waals surface area contributed by atoms with Crippen molar-refractivity contribution >= 4 is 17.1 Å². The Hall–Kier alpha value is -1.83. The molecule has 2 nitrogen and oxygen atoms in total. The number of nitrogens with two attached hydrogens (primary N) is 1. The molecule has 0 atom stereocenters. The van der Waals surface area contributed by atoms with Crippen LogP contribution in [0.4, 0.5) is 0 Å². The van der Waals surface area contributed by atoms with Crippen LogP contribution in [0.1, 0.15) is 31.4 Å². The molecule has 0 bridgehead atoms. The molecule has 0 saturated heterocycles. The summed E-state index contributed by atoms with van der Waals surface area (Å²) in [5.41, 5.74) is 9.27. The van der Waals surface area contributed by atoms with E-state index in [1.54, 1.807) is 0 Å². The number of hydrogen-bond acceptors (Lipinski definition) is 1. The van der Waals surface area contributed by atoms with Gasteiger partial charge in [-0.2, -0.15) is 0 Å². The summed E-state index contributed by atoms with van der Waals surface area (Å²) < 4.78 is 0. The molecule has 0 aliphatic heterocycles. The summed E-state index contributed by atoms with van der Waals surface area (Å²) >= 11 is 0. The highest BCUT2D eigenvalue weighted by molar-refractivity contribution is 5.90. The molecular weight excluding hydrogens is 198 g/mol. The zero-order valence-corrected chi connectivity index (χ0v) is 9.79. The first-order valence-corrected chi connectivity index (χ1v) is 5.25. The molecular formula is C14H17NO. The van der Waals surface area contributed by atoms with Gasteiger partial charge in [-0.25, -0.2) is 0 Å². The topological polar surface area (TPSA) is 43.1 Å². The molecule has 0 unspecified atom stereocenters. The fourth-order valence-corrected chi connectivity index (χ4v) is 1.68. The van der Waals surface area contributed by atoms with Crippen LogP contribution in [-0.4, -0.2) is 5.91 Å². The fourth-order valence-electron chi connectivity index (χ4n) is 1.68. The quantitative estimate of drug-likeness (QED) is 0.824. The SMILES string of the molecule is C=C(C)c1ccccc1/C(=C\C)CC(N)=O. The van der Waals surface area contributed by atoms with Crippen molar-refractivity contribution in [1.29, 1.82) is 0 Å². The Labute approximate surface area is 96.5 Å². The van der Waals surface area contributed by atoms with Crippen molar-refractivity contribution in [2.45, 2.75) is 20.3 Å². The number of benzene rings is 1. The van der Waals surface area contributed by atoms with E-state index in [0.29, 0.717) is 0 Å². The maximum atomic E-state index is 11.0. The molecule has 0 fully saturated rings. The molecule has 0 spiro atoms. The van der Waals surface area contributed by atoms with Crippen LogP contribution in [0.5, 0.6) is 0 Å². The van der Waals surface area contributed by atoms with E-state index in [2.05, 4.69) is 6.58 Å². The molecule has 1 aromatic rings. The molecule has 84 valence electrons. The molecule has 16 heavy (non-hydrogen) atoms. The molecule has 1 aromatic carbocycles. The summed E-state index contributed by atoms with van der Waals surface area (Å²) in [5, 5.41) is 0. The van der Waals surface area contributed by atoms with Gasteiger partial charge in [0.05, 0.1) is 6.42 Å². The number of carbonyl (C=O) groups excluding carboxylic acids is 1. The van der Waals surface area contributed by atoms with Crippen molar-refractivity contribution < 1.29 is 4.79 Å². The Balaban J connectivity index is 3.20. The first kappa shape index (κ1) is 12.2. The second-order valence-corrected chi connectivity index (χ2v) is 3.78. The number of amides is 1. The van der Waals surface area contributed by atoms with Gasteiger partial charge in [0.25, 0.3) is 0 Å². The summed E-state index contributed by atoms with van der Waals surface area (Å²) in [6, 6.07) is 7.90. The highest BCUT2D eigenvalue weighted by Gasteiger charge is 2.09. The van der Waals surface area contributed by atoms with Crippen LogP contribution in [0, 0.1) is 0 Å². The molecule has 2 N–H and O–H groups in total. The number of primary amides is 1. The fraction of sp³-hybridized carbons (Fsp3) is 0.214. The van der Waals surface area contributed by atoms with Crippen LogP contribution < -0.4 is 5.73 Å². The maximum Gasteiger partial charge on any atom is 0.221 e. The third-order valence-electron chi connectivity index (χ3n) is 2.45. The maximum absolute atomic E-state index is 11.0. The van der Waals surface area contributed by atoms with Gasteiger partial charge < -0.3 is 5.73 Å². The van der Waals surface area contributed by atoms with E-state index in [9.17, 15) is 4.79 Å². The molecule has 1 rings (SSSR count). The number of rotatable bonds is 4. The third-order valence-corrected chi connectivity index (χ3v) is 2.45. The lowest BCUT2D eigenvalue weighted by Gasteiger charge is -2.11. The highest BCUT2D eigenvalue weighted by atomic mass is 16.1. The molecule has 2 heteroatoms. The monoisotopic (exact) mass is 215 g/mol. The van der Waals surface area contributed by atoms with Crippen LogP contribution in [0.25, 0.3) is 11.1 Å². The van der Waals surface area contributed by atoms with E-state index in [0.717, 1.165) is 22.3 Å². The van der Waals surface area contributed by atoms with Crippen LogP contribution in [0.15, 0.2) is 36.9 Å². The first-order valence-electron chi connectivity index (χ1n) is 5.25. The predicted octanol–water partition coefficient (Wildman–Crippen LogP) is 3.00. The summed E-state index contributed by atoms with van der Waals surface area (Å²) in [4.78, 5) is 11.0. The Morgan fingerprint density at radius 2 is 1.94 bits per heavy atom. The second-order valence-electron chi connectivity index (χ2n) is 3.78. The van der Waals surface area contributed by atoms with Gasteiger partial charge in [0, 0.05) is 0 Å². The van der Waals surface area contributed by atoms with Gasteiger partial charge in [0.15, 0.2) is 0 Å². The normalized spacial score (nSPS) is 11.2. The Kier molecular flexibility index (Phi) is 4.06. The number of hydrogen-bond donors (Lipinski definition) is 1. The molecule has 0 aromatic heterocycles. The summed E-state index contributed by atoms with van der Waals surface area (Å²) in [6.07, 6.45) is 2.19. The van der Waals surface area contributed by atoms with E-state index in [1.807, 2.05) is 44.2 Å². The summed E-state index contributed by atoms with van der Waals surface area (Å²) in [7, 11) is 0. The smallest absolute Gasteiger partial charge is 0.221 e. The molecule has 0 heterocycles. The zero-order valence-electron chi connectivity index (χ0n) is 9.79. The van der Waals surface area contributed by atoms with Gasteiger partial charge in [0.1, 0.15) is 0 Å².